The van der Waals surface area contributed by atoms with E-state index in [0.29, 0.717) is 6.61 Å². The molecule has 0 aliphatic rings. The second kappa shape index (κ2) is 8.82. The average Bonchev–Trinajstić information content (AvgIpc) is 2.42. The van der Waals surface area contributed by atoms with E-state index < -0.39 is 25.8 Å². The van der Waals surface area contributed by atoms with E-state index in [-0.39, 0.29) is 18.6 Å². The van der Waals surface area contributed by atoms with Gasteiger partial charge in [-0.05, 0) is 12.0 Å². The van der Waals surface area contributed by atoms with Gasteiger partial charge in [0.1, 0.15) is 6.04 Å². The van der Waals surface area contributed by atoms with Crippen LogP contribution in [-0.4, -0.2) is 39.7 Å². The summed E-state index contributed by atoms with van der Waals surface area (Å²) in [4.78, 5) is 28.8. The molecular formula is C14H20NO6P. The van der Waals surface area contributed by atoms with E-state index in [0.717, 1.165) is 11.6 Å². The number of hydrogen-bond donors (Lipinski definition) is 4. The van der Waals surface area contributed by atoms with Crippen LogP contribution in [0.25, 0.3) is 0 Å². The van der Waals surface area contributed by atoms with Crippen molar-refractivity contribution >= 4 is 13.6 Å². The minimum absolute atomic E-state index is 0.207. The normalized spacial score (nSPS) is 13.9. The fourth-order valence-corrected chi connectivity index (χ4v) is 2.57. The largest absolute Gasteiger partial charge is 0.480 e. The van der Waals surface area contributed by atoms with E-state index in [9.17, 15) is 9.36 Å². The van der Waals surface area contributed by atoms with Gasteiger partial charge in [0.2, 0.25) is 0 Å². The van der Waals surface area contributed by atoms with E-state index in [1.54, 1.807) is 0 Å². The minimum atomic E-state index is -4.29. The highest BCUT2D eigenvalue weighted by Gasteiger charge is 2.18. The third-order valence-electron chi connectivity index (χ3n) is 2.79. The molecule has 22 heavy (non-hydrogen) atoms. The van der Waals surface area contributed by atoms with Gasteiger partial charge in [-0.15, -0.1) is 0 Å². The molecule has 0 amide bonds. The highest BCUT2D eigenvalue weighted by molar-refractivity contribution is 7.52. The maximum Gasteiger partial charge on any atom is 0.329 e. The Morgan fingerprint density at radius 1 is 1.32 bits per heavy atom. The standard InChI is InChI=1S/C14H20NO6P/c15-13(14(16)17)8-12(10-22(18,19)20)6-7-21-9-11-4-2-1-3-5-11/h1-5,8,13H,6-7,9-10,15H2,(H,16,17)(H2,18,19,20)/b12-8-. The zero-order chi connectivity index (χ0) is 16.6. The van der Waals surface area contributed by atoms with Gasteiger partial charge in [-0.1, -0.05) is 42.0 Å². The number of carbonyl (C=O) groups is 1. The number of aliphatic carboxylic acids is 1. The van der Waals surface area contributed by atoms with Gasteiger partial charge >= 0.3 is 13.6 Å². The SMILES string of the molecule is NC(/C=C(/CCOCc1ccccc1)CP(=O)(O)O)C(=O)O. The number of hydrogen-bond acceptors (Lipinski definition) is 4. The molecule has 5 N–H and O–H groups in total. The third kappa shape index (κ3) is 8.07. The molecule has 0 spiro atoms. The van der Waals surface area contributed by atoms with Gasteiger partial charge in [-0.25, -0.2) is 0 Å². The second-order valence-electron chi connectivity index (χ2n) is 4.80. The lowest BCUT2D eigenvalue weighted by Gasteiger charge is -2.11. The van der Waals surface area contributed by atoms with Crippen LogP contribution in [-0.2, 0) is 20.7 Å². The van der Waals surface area contributed by atoms with Crippen LogP contribution in [0.4, 0.5) is 0 Å². The number of carboxylic acid groups (broad SMARTS) is 1. The first-order chi connectivity index (χ1) is 10.3. The van der Waals surface area contributed by atoms with Crippen molar-refractivity contribution in [2.45, 2.75) is 19.1 Å². The van der Waals surface area contributed by atoms with Crippen LogP contribution in [0.3, 0.4) is 0 Å². The molecule has 8 heteroatoms. The van der Waals surface area contributed by atoms with Gasteiger partial charge in [0.25, 0.3) is 0 Å². The Balaban J connectivity index is 2.54. The summed E-state index contributed by atoms with van der Waals surface area (Å²) in [7, 11) is -4.29. The second-order valence-corrected chi connectivity index (χ2v) is 6.45. The molecule has 0 aromatic heterocycles. The first-order valence-corrected chi connectivity index (χ1v) is 8.42. The summed E-state index contributed by atoms with van der Waals surface area (Å²) in [5, 5.41) is 8.75. The molecule has 0 fully saturated rings. The minimum Gasteiger partial charge on any atom is -0.480 e. The Bertz CT molecular complexity index is 554. The summed E-state index contributed by atoms with van der Waals surface area (Å²) in [6.07, 6.45) is 0.842. The Morgan fingerprint density at radius 2 is 1.95 bits per heavy atom. The number of rotatable bonds is 9. The fourth-order valence-electron chi connectivity index (χ4n) is 1.77. The van der Waals surface area contributed by atoms with Crippen LogP contribution < -0.4 is 5.73 Å². The lowest BCUT2D eigenvalue weighted by atomic mass is 10.1. The molecule has 1 aromatic rings. The zero-order valence-corrected chi connectivity index (χ0v) is 12.9. The maximum absolute atomic E-state index is 11.1. The van der Waals surface area contributed by atoms with Gasteiger partial charge in [0, 0.05) is 0 Å². The van der Waals surface area contributed by atoms with Crippen molar-refractivity contribution in [1.82, 2.24) is 0 Å². The van der Waals surface area contributed by atoms with Crippen molar-refractivity contribution in [3.63, 3.8) is 0 Å². The smallest absolute Gasteiger partial charge is 0.329 e. The Kier molecular flexibility index (Phi) is 7.44. The molecule has 1 atom stereocenters. The molecule has 0 aliphatic carbocycles. The molecule has 1 unspecified atom stereocenters. The summed E-state index contributed by atoms with van der Waals surface area (Å²) in [6, 6.07) is 8.14. The Morgan fingerprint density at radius 3 is 2.50 bits per heavy atom. The molecule has 0 bridgehead atoms. The maximum atomic E-state index is 11.1. The predicted molar refractivity (Wildman–Crippen MR) is 81.3 cm³/mol. The first kappa shape index (κ1) is 18.5. The van der Waals surface area contributed by atoms with Gasteiger partial charge in [0.15, 0.2) is 0 Å². The molecule has 7 nitrogen and oxygen atoms in total. The molecule has 0 aliphatic heterocycles. The van der Waals surface area contributed by atoms with E-state index >= 15 is 0 Å². The van der Waals surface area contributed by atoms with Crippen LogP contribution in [0.1, 0.15) is 12.0 Å². The van der Waals surface area contributed by atoms with Crippen molar-refractivity contribution in [2.24, 2.45) is 5.73 Å². The van der Waals surface area contributed by atoms with Crippen LogP contribution in [0.2, 0.25) is 0 Å². The number of nitrogens with two attached hydrogens (primary N) is 1. The molecule has 0 heterocycles. The highest BCUT2D eigenvalue weighted by Crippen LogP contribution is 2.37. The van der Waals surface area contributed by atoms with E-state index in [1.807, 2.05) is 30.3 Å². The lowest BCUT2D eigenvalue weighted by Crippen LogP contribution is -2.28. The summed E-state index contributed by atoms with van der Waals surface area (Å²) < 4.78 is 16.5. The van der Waals surface area contributed by atoms with E-state index in [4.69, 9.17) is 25.4 Å². The van der Waals surface area contributed by atoms with Gasteiger partial charge in [-0.3, -0.25) is 9.36 Å². The van der Waals surface area contributed by atoms with Gasteiger partial charge in [0.05, 0.1) is 19.4 Å². The molecule has 0 radical (unpaired) electrons. The van der Waals surface area contributed by atoms with Gasteiger partial charge in [-0.2, -0.15) is 0 Å². The molecule has 0 saturated carbocycles. The van der Waals surface area contributed by atoms with Gasteiger partial charge < -0.3 is 25.4 Å². The Labute approximate surface area is 128 Å². The molecule has 1 rings (SSSR count). The monoisotopic (exact) mass is 329 g/mol. The molecule has 0 saturated heterocycles. The van der Waals surface area contributed by atoms with Crippen molar-refractivity contribution in [2.75, 3.05) is 12.8 Å². The van der Waals surface area contributed by atoms with Crippen molar-refractivity contribution in [3.8, 4) is 0 Å². The quantitative estimate of drug-likeness (QED) is 0.303. The van der Waals surface area contributed by atoms with Crippen molar-refractivity contribution in [1.29, 1.82) is 0 Å². The Hall–Kier alpha value is -1.50. The topological polar surface area (TPSA) is 130 Å². The van der Waals surface area contributed by atoms with Crippen LogP contribution >= 0.6 is 7.60 Å². The first-order valence-electron chi connectivity index (χ1n) is 6.62. The van der Waals surface area contributed by atoms with E-state index in [2.05, 4.69) is 0 Å². The van der Waals surface area contributed by atoms with Crippen molar-refractivity contribution in [3.05, 3.63) is 47.5 Å². The van der Waals surface area contributed by atoms with E-state index in [1.165, 1.54) is 0 Å². The number of carboxylic acids is 1. The summed E-state index contributed by atoms with van der Waals surface area (Å²) in [6.45, 7) is 0.585. The molecule has 1 aromatic carbocycles. The number of ether oxygens (including phenoxy) is 1. The fraction of sp³-hybridized carbons (Fsp3) is 0.357. The van der Waals surface area contributed by atoms with Crippen LogP contribution in [0.5, 0.6) is 0 Å². The highest BCUT2D eigenvalue weighted by atomic mass is 31.2. The lowest BCUT2D eigenvalue weighted by molar-refractivity contribution is -0.137. The third-order valence-corrected chi connectivity index (χ3v) is 3.61. The molecular weight excluding hydrogens is 309 g/mol. The summed E-state index contributed by atoms with van der Waals surface area (Å²) in [5.74, 6) is -1.26. The number of benzene rings is 1. The van der Waals surface area contributed by atoms with Crippen LogP contribution in [0, 0.1) is 0 Å². The zero-order valence-electron chi connectivity index (χ0n) is 12.0. The average molecular weight is 329 g/mol. The summed E-state index contributed by atoms with van der Waals surface area (Å²) in [5.41, 5.74) is 6.61. The predicted octanol–water partition coefficient (Wildman–Crippen LogP) is 1.11. The molecule has 122 valence electrons. The van der Waals surface area contributed by atoms with Crippen molar-refractivity contribution < 1.29 is 29.0 Å². The van der Waals surface area contributed by atoms with Crippen LogP contribution in [0.15, 0.2) is 42.0 Å². The summed E-state index contributed by atoms with van der Waals surface area (Å²) >= 11 is 0.